The number of carbonyl (C=O) groups is 1. The highest BCUT2D eigenvalue weighted by Crippen LogP contribution is 2.26. The van der Waals surface area contributed by atoms with Crippen LogP contribution in [0.3, 0.4) is 0 Å². The summed E-state index contributed by atoms with van der Waals surface area (Å²) in [5.41, 5.74) is 2.26. The van der Waals surface area contributed by atoms with E-state index in [9.17, 15) is 4.79 Å². The zero-order chi connectivity index (χ0) is 13.7. The Morgan fingerprint density at radius 2 is 2.11 bits per heavy atom. The average Bonchev–Trinajstić information content (AvgIpc) is 2.84. The number of aryl methyl sites for hydroxylation is 1. The van der Waals surface area contributed by atoms with Crippen LogP contribution in [-0.4, -0.2) is 23.2 Å². The van der Waals surface area contributed by atoms with Crippen molar-refractivity contribution in [3.63, 3.8) is 0 Å². The molecule has 0 N–H and O–H groups in total. The second-order valence-electron chi connectivity index (χ2n) is 4.38. The van der Waals surface area contributed by atoms with Gasteiger partial charge in [-0.2, -0.15) is 5.10 Å². The van der Waals surface area contributed by atoms with Crippen molar-refractivity contribution in [1.82, 2.24) is 9.78 Å². The number of hydrogen-bond acceptors (Lipinski definition) is 3. The number of hydrogen-bond donors (Lipinski definition) is 0. The fourth-order valence-corrected chi connectivity index (χ4v) is 2.12. The normalized spacial score (nSPS) is 12.3. The van der Waals surface area contributed by atoms with E-state index in [1.54, 1.807) is 18.0 Å². The first-order valence-electron chi connectivity index (χ1n) is 6.40. The molecule has 1 heterocycles. The van der Waals surface area contributed by atoms with Crippen molar-refractivity contribution in [3.8, 4) is 0 Å². The van der Waals surface area contributed by atoms with Crippen molar-refractivity contribution in [3.05, 3.63) is 53.3 Å². The maximum Gasteiger partial charge on any atom is 0.153 e. The number of methoxy groups -OCH3 is 1. The molecular formula is C15H18N2O2. The van der Waals surface area contributed by atoms with Crippen LogP contribution in [-0.2, 0) is 11.3 Å². The number of ether oxygens (including phenoxy) is 1. The number of carbonyl (C=O) groups excluding carboxylic acids is 1. The largest absolute Gasteiger partial charge is 0.370 e. The molecule has 2 rings (SSSR count). The lowest BCUT2D eigenvalue weighted by molar-refractivity contribution is 0.110. The second kappa shape index (κ2) is 6.29. The molecule has 2 aromatic rings. The fourth-order valence-electron chi connectivity index (χ4n) is 2.12. The number of aromatic nitrogens is 2. The number of aldehydes is 1. The zero-order valence-corrected chi connectivity index (χ0v) is 11.2. The van der Waals surface area contributed by atoms with Crippen molar-refractivity contribution >= 4 is 6.29 Å². The Kier molecular flexibility index (Phi) is 4.47. The third-order valence-electron chi connectivity index (χ3n) is 2.99. The quantitative estimate of drug-likeness (QED) is 0.748. The summed E-state index contributed by atoms with van der Waals surface area (Å²) in [6.45, 7) is 2.87. The Balaban J connectivity index is 2.40. The molecule has 0 saturated carbocycles. The summed E-state index contributed by atoms with van der Waals surface area (Å²) in [6, 6.07) is 9.80. The van der Waals surface area contributed by atoms with Gasteiger partial charge in [0, 0.05) is 19.9 Å². The highest BCUT2D eigenvalue weighted by Gasteiger charge is 2.20. The molecule has 0 fully saturated rings. The van der Waals surface area contributed by atoms with Gasteiger partial charge in [-0.3, -0.25) is 9.48 Å². The number of benzene rings is 1. The monoisotopic (exact) mass is 258 g/mol. The van der Waals surface area contributed by atoms with Gasteiger partial charge in [-0.15, -0.1) is 0 Å². The highest BCUT2D eigenvalue weighted by molar-refractivity contribution is 5.76. The molecule has 1 aromatic carbocycles. The molecule has 0 radical (unpaired) electrons. The van der Waals surface area contributed by atoms with Crippen LogP contribution in [0.1, 0.15) is 41.1 Å². The van der Waals surface area contributed by atoms with Crippen LogP contribution in [0.2, 0.25) is 0 Å². The topological polar surface area (TPSA) is 44.1 Å². The summed E-state index contributed by atoms with van der Waals surface area (Å²) in [5.74, 6) is 0. The molecule has 0 amide bonds. The maximum atomic E-state index is 11.2. The van der Waals surface area contributed by atoms with Crippen molar-refractivity contribution in [2.75, 3.05) is 7.11 Å². The minimum Gasteiger partial charge on any atom is -0.370 e. The van der Waals surface area contributed by atoms with Crippen LogP contribution < -0.4 is 0 Å². The Bertz CT molecular complexity index is 534. The van der Waals surface area contributed by atoms with Crippen molar-refractivity contribution < 1.29 is 9.53 Å². The van der Waals surface area contributed by atoms with E-state index in [-0.39, 0.29) is 6.10 Å². The Hall–Kier alpha value is -1.94. The van der Waals surface area contributed by atoms with Crippen LogP contribution in [0.4, 0.5) is 0 Å². The third-order valence-corrected chi connectivity index (χ3v) is 2.99. The Morgan fingerprint density at radius 1 is 1.37 bits per heavy atom. The minimum absolute atomic E-state index is 0.306. The maximum absolute atomic E-state index is 11.2. The van der Waals surface area contributed by atoms with E-state index in [0.29, 0.717) is 11.3 Å². The molecule has 0 saturated heterocycles. The van der Waals surface area contributed by atoms with Gasteiger partial charge in [0.1, 0.15) is 11.8 Å². The molecule has 4 heteroatoms. The molecule has 0 bridgehead atoms. The average molecular weight is 258 g/mol. The molecule has 1 atom stereocenters. The van der Waals surface area contributed by atoms with Gasteiger partial charge in [0.25, 0.3) is 0 Å². The molecular weight excluding hydrogens is 240 g/mol. The van der Waals surface area contributed by atoms with Crippen molar-refractivity contribution in [1.29, 1.82) is 0 Å². The van der Waals surface area contributed by atoms with Crippen LogP contribution in [0.5, 0.6) is 0 Å². The smallest absolute Gasteiger partial charge is 0.153 e. The van der Waals surface area contributed by atoms with E-state index in [0.717, 1.165) is 24.8 Å². The van der Waals surface area contributed by atoms with Crippen LogP contribution in [0, 0.1) is 0 Å². The highest BCUT2D eigenvalue weighted by atomic mass is 16.5. The van der Waals surface area contributed by atoms with Gasteiger partial charge in [-0.25, -0.2) is 0 Å². The standard InChI is InChI=1S/C15H18N2O2/c1-3-9-17-10-13(11-18)14(16-17)15(19-2)12-7-5-4-6-8-12/h4-8,10-11,15H,3,9H2,1-2H3. The first kappa shape index (κ1) is 13.5. The molecule has 4 nitrogen and oxygen atoms in total. The Morgan fingerprint density at radius 3 is 2.68 bits per heavy atom. The van der Waals surface area contributed by atoms with E-state index >= 15 is 0 Å². The lowest BCUT2D eigenvalue weighted by atomic mass is 10.0. The van der Waals surface area contributed by atoms with Crippen LogP contribution >= 0.6 is 0 Å². The molecule has 0 aliphatic rings. The lowest BCUT2D eigenvalue weighted by Gasteiger charge is -2.14. The molecule has 0 aliphatic carbocycles. The van der Waals surface area contributed by atoms with Crippen LogP contribution in [0.25, 0.3) is 0 Å². The van der Waals surface area contributed by atoms with Gasteiger partial charge in [-0.1, -0.05) is 37.3 Å². The van der Waals surface area contributed by atoms with Gasteiger partial charge in [0.05, 0.1) is 5.56 Å². The van der Waals surface area contributed by atoms with Gasteiger partial charge >= 0.3 is 0 Å². The second-order valence-corrected chi connectivity index (χ2v) is 4.38. The summed E-state index contributed by atoms with van der Waals surface area (Å²) < 4.78 is 7.32. The Labute approximate surface area is 113 Å². The summed E-state index contributed by atoms with van der Waals surface area (Å²) in [6.07, 6.45) is 3.28. The molecule has 0 aliphatic heterocycles. The molecule has 1 aromatic heterocycles. The predicted molar refractivity (Wildman–Crippen MR) is 73.2 cm³/mol. The molecule has 1 unspecified atom stereocenters. The van der Waals surface area contributed by atoms with E-state index in [2.05, 4.69) is 12.0 Å². The van der Waals surface area contributed by atoms with E-state index in [4.69, 9.17) is 4.74 Å². The number of nitrogens with zero attached hydrogens (tertiary/aromatic N) is 2. The van der Waals surface area contributed by atoms with E-state index in [1.165, 1.54) is 0 Å². The first-order valence-corrected chi connectivity index (χ1v) is 6.40. The zero-order valence-electron chi connectivity index (χ0n) is 11.2. The number of rotatable bonds is 6. The van der Waals surface area contributed by atoms with Crippen molar-refractivity contribution in [2.45, 2.75) is 26.0 Å². The first-order chi connectivity index (χ1) is 9.30. The van der Waals surface area contributed by atoms with Crippen LogP contribution in [0.15, 0.2) is 36.5 Å². The molecule has 100 valence electrons. The molecule has 19 heavy (non-hydrogen) atoms. The van der Waals surface area contributed by atoms with Gasteiger partial charge in [0.15, 0.2) is 6.29 Å². The SMILES string of the molecule is CCCn1cc(C=O)c(C(OC)c2ccccc2)n1. The minimum atomic E-state index is -0.306. The summed E-state index contributed by atoms with van der Waals surface area (Å²) >= 11 is 0. The summed E-state index contributed by atoms with van der Waals surface area (Å²) in [4.78, 5) is 11.2. The molecule has 0 spiro atoms. The third kappa shape index (κ3) is 2.90. The van der Waals surface area contributed by atoms with Crippen molar-refractivity contribution in [2.24, 2.45) is 0 Å². The predicted octanol–water partition coefficient (Wildman–Crippen LogP) is 2.84. The van der Waals surface area contributed by atoms with E-state index in [1.807, 2.05) is 30.3 Å². The van der Waals surface area contributed by atoms with Gasteiger partial charge < -0.3 is 4.74 Å². The van der Waals surface area contributed by atoms with Gasteiger partial charge in [0.2, 0.25) is 0 Å². The summed E-state index contributed by atoms with van der Waals surface area (Å²) in [5, 5.41) is 4.48. The van der Waals surface area contributed by atoms with Gasteiger partial charge in [-0.05, 0) is 12.0 Å². The van der Waals surface area contributed by atoms with E-state index < -0.39 is 0 Å². The summed E-state index contributed by atoms with van der Waals surface area (Å²) in [7, 11) is 1.63. The lowest BCUT2D eigenvalue weighted by Crippen LogP contribution is -2.07. The fraction of sp³-hybridized carbons (Fsp3) is 0.333.